The molecule has 3 unspecified atom stereocenters. The predicted octanol–water partition coefficient (Wildman–Crippen LogP) is 1.15. The molecule has 2 rings (SSSR count). The van der Waals surface area contributed by atoms with Gasteiger partial charge in [0.15, 0.2) is 0 Å². The van der Waals surface area contributed by atoms with Crippen LogP contribution < -0.4 is 5.32 Å². The molecule has 0 spiro atoms. The zero-order chi connectivity index (χ0) is 15.5. The highest BCUT2D eigenvalue weighted by atomic mass is 35.5. The first-order valence-electron chi connectivity index (χ1n) is 7.74. The SMILES string of the molecule is CNC1CCCN(S(=O)(=O)C2CCCCC2C(=O)OC)C1.Cl. The molecule has 2 aliphatic rings. The summed E-state index contributed by atoms with van der Waals surface area (Å²) in [5.41, 5.74) is 0. The van der Waals surface area contributed by atoms with Crippen LogP contribution >= 0.6 is 12.4 Å². The highest BCUT2D eigenvalue weighted by Gasteiger charge is 2.43. The van der Waals surface area contributed by atoms with E-state index in [9.17, 15) is 13.2 Å². The zero-order valence-electron chi connectivity index (χ0n) is 13.3. The number of carbonyl (C=O) groups excluding carboxylic acids is 1. The van der Waals surface area contributed by atoms with Crippen LogP contribution in [0.4, 0.5) is 0 Å². The van der Waals surface area contributed by atoms with Gasteiger partial charge in [0.2, 0.25) is 10.0 Å². The first-order valence-corrected chi connectivity index (χ1v) is 9.25. The van der Waals surface area contributed by atoms with Gasteiger partial charge >= 0.3 is 5.97 Å². The largest absolute Gasteiger partial charge is 0.469 e. The first kappa shape index (κ1) is 19.7. The molecule has 8 heteroatoms. The van der Waals surface area contributed by atoms with Gasteiger partial charge in [-0.25, -0.2) is 12.7 Å². The first-order chi connectivity index (χ1) is 10.0. The van der Waals surface area contributed by atoms with Gasteiger partial charge < -0.3 is 10.1 Å². The number of likely N-dealkylation sites (N-methyl/N-ethyl adjacent to an activating group) is 1. The van der Waals surface area contributed by atoms with Gasteiger partial charge in [0, 0.05) is 19.1 Å². The summed E-state index contributed by atoms with van der Waals surface area (Å²) in [6.07, 6.45) is 4.78. The third-order valence-corrected chi connectivity index (χ3v) is 7.12. The monoisotopic (exact) mass is 354 g/mol. The van der Waals surface area contributed by atoms with Gasteiger partial charge in [-0.05, 0) is 32.7 Å². The van der Waals surface area contributed by atoms with Gasteiger partial charge in [0.05, 0.1) is 18.3 Å². The molecule has 1 N–H and O–H groups in total. The van der Waals surface area contributed by atoms with Crippen LogP contribution in [-0.4, -0.2) is 57.2 Å². The van der Waals surface area contributed by atoms with Crippen molar-refractivity contribution < 1.29 is 17.9 Å². The summed E-state index contributed by atoms with van der Waals surface area (Å²) in [6, 6.07) is 0.202. The van der Waals surface area contributed by atoms with Crippen molar-refractivity contribution in [3.63, 3.8) is 0 Å². The van der Waals surface area contributed by atoms with Crippen molar-refractivity contribution >= 4 is 28.4 Å². The zero-order valence-corrected chi connectivity index (χ0v) is 14.9. The van der Waals surface area contributed by atoms with Crippen LogP contribution in [0.1, 0.15) is 38.5 Å². The Kier molecular flexibility index (Phi) is 7.58. The molecule has 6 nitrogen and oxygen atoms in total. The quantitative estimate of drug-likeness (QED) is 0.766. The summed E-state index contributed by atoms with van der Waals surface area (Å²) in [5, 5.41) is 2.54. The molecular formula is C14H27ClN2O4S. The summed E-state index contributed by atoms with van der Waals surface area (Å²) in [6.45, 7) is 1.06. The molecule has 0 amide bonds. The molecule has 0 aromatic carbocycles. The fourth-order valence-electron chi connectivity index (χ4n) is 3.48. The fraction of sp³-hybridized carbons (Fsp3) is 0.929. The van der Waals surface area contributed by atoms with E-state index >= 15 is 0 Å². The molecular weight excluding hydrogens is 328 g/mol. The van der Waals surface area contributed by atoms with E-state index in [-0.39, 0.29) is 24.4 Å². The highest BCUT2D eigenvalue weighted by molar-refractivity contribution is 7.89. The number of carbonyl (C=O) groups is 1. The third-order valence-electron chi connectivity index (χ3n) is 4.74. The van der Waals surface area contributed by atoms with Crippen LogP contribution in [0.25, 0.3) is 0 Å². The van der Waals surface area contributed by atoms with E-state index in [0.29, 0.717) is 25.9 Å². The number of methoxy groups -OCH3 is 1. The average Bonchev–Trinajstić information content (AvgIpc) is 2.54. The molecule has 1 saturated carbocycles. The molecule has 1 aliphatic heterocycles. The Morgan fingerprint density at radius 1 is 1.18 bits per heavy atom. The fourth-order valence-corrected chi connectivity index (χ4v) is 5.76. The number of nitrogens with zero attached hydrogens (tertiary/aromatic N) is 1. The second-order valence-corrected chi connectivity index (χ2v) is 8.14. The summed E-state index contributed by atoms with van der Waals surface area (Å²) in [7, 11) is -0.248. The topological polar surface area (TPSA) is 75.7 Å². The van der Waals surface area contributed by atoms with Gasteiger partial charge in [-0.2, -0.15) is 0 Å². The van der Waals surface area contributed by atoms with Crippen molar-refractivity contribution in [2.45, 2.75) is 49.8 Å². The summed E-state index contributed by atoms with van der Waals surface area (Å²) < 4.78 is 32.2. The van der Waals surface area contributed by atoms with Gasteiger partial charge in [-0.15, -0.1) is 12.4 Å². The summed E-state index contributed by atoms with van der Waals surface area (Å²) in [5.74, 6) is -0.894. The Morgan fingerprint density at radius 2 is 1.86 bits per heavy atom. The van der Waals surface area contributed by atoms with E-state index in [0.717, 1.165) is 25.7 Å². The van der Waals surface area contributed by atoms with E-state index in [1.165, 1.54) is 7.11 Å². The van der Waals surface area contributed by atoms with E-state index in [2.05, 4.69) is 5.32 Å². The van der Waals surface area contributed by atoms with Gasteiger partial charge in [0.1, 0.15) is 0 Å². The van der Waals surface area contributed by atoms with Crippen LogP contribution in [-0.2, 0) is 19.6 Å². The number of piperidine rings is 1. The normalized spacial score (nSPS) is 30.4. The van der Waals surface area contributed by atoms with E-state index < -0.39 is 21.2 Å². The van der Waals surface area contributed by atoms with Crippen LogP contribution in [0, 0.1) is 5.92 Å². The minimum Gasteiger partial charge on any atom is -0.469 e. The maximum atomic E-state index is 12.9. The molecule has 0 aromatic heterocycles. The molecule has 2 fully saturated rings. The van der Waals surface area contributed by atoms with Gasteiger partial charge in [0.25, 0.3) is 0 Å². The smallest absolute Gasteiger partial charge is 0.310 e. The summed E-state index contributed by atoms with van der Waals surface area (Å²) >= 11 is 0. The molecule has 130 valence electrons. The lowest BCUT2D eigenvalue weighted by Crippen LogP contribution is -2.52. The number of ether oxygens (including phenoxy) is 1. The number of esters is 1. The standard InChI is InChI=1S/C14H26N2O4S.ClH/c1-15-11-6-5-9-16(10-11)21(18,19)13-8-4-3-7-12(13)14(17)20-2;/h11-13,15H,3-10H2,1-2H3;1H. The van der Waals surface area contributed by atoms with E-state index in [4.69, 9.17) is 4.74 Å². The number of nitrogens with one attached hydrogen (secondary N) is 1. The maximum absolute atomic E-state index is 12.9. The Labute approximate surface area is 139 Å². The van der Waals surface area contributed by atoms with Crippen LogP contribution in [0.5, 0.6) is 0 Å². The highest BCUT2D eigenvalue weighted by Crippen LogP contribution is 2.33. The number of halogens is 1. The number of rotatable bonds is 4. The second kappa shape index (κ2) is 8.47. The molecule has 0 radical (unpaired) electrons. The summed E-state index contributed by atoms with van der Waals surface area (Å²) in [4.78, 5) is 11.9. The van der Waals surface area contributed by atoms with E-state index in [1.807, 2.05) is 7.05 Å². The van der Waals surface area contributed by atoms with Crippen molar-refractivity contribution in [1.29, 1.82) is 0 Å². The lowest BCUT2D eigenvalue weighted by atomic mass is 9.89. The Hall–Kier alpha value is -0.370. The number of hydrogen-bond acceptors (Lipinski definition) is 5. The Morgan fingerprint density at radius 3 is 2.50 bits per heavy atom. The Balaban J connectivity index is 0.00000242. The van der Waals surface area contributed by atoms with Crippen molar-refractivity contribution in [2.75, 3.05) is 27.2 Å². The maximum Gasteiger partial charge on any atom is 0.310 e. The third kappa shape index (κ3) is 4.13. The number of sulfonamides is 1. The molecule has 22 heavy (non-hydrogen) atoms. The van der Waals surface area contributed by atoms with Crippen molar-refractivity contribution in [2.24, 2.45) is 5.92 Å². The molecule has 0 bridgehead atoms. The van der Waals surface area contributed by atoms with Crippen molar-refractivity contribution in [1.82, 2.24) is 9.62 Å². The van der Waals surface area contributed by atoms with Crippen molar-refractivity contribution in [3.8, 4) is 0 Å². The molecule has 3 atom stereocenters. The molecule has 0 aromatic rings. The predicted molar refractivity (Wildman–Crippen MR) is 87.6 cm³/mol. The Bertz CT molecular complexity index is 471. The second-order valence-electron chi connectivity index (χ2n) is 5.98. The lowest BCUT2D eigenvalue weighted by molar-refractivity contribution is -0.146. The van der Waals surface area contributed by atoms with Gasteiger partial charge in [-0.1, -0.05) is 12.8 Å². The van der Waals surface area contributed by atoms with Gasteiger partial charge in [-0.3, -0.25) is 4.79 Å². The van der Waals surface area contributed by atoms with E-state index in [1.54, 1.807) is 4.31 Å². The minimum atomic E-state index is -3.44. The minimum absolute atomic E-state index is 0. The molecule has 1 saturated heterocycles. The van der Waals surface area contributed by atoms with Crippen LogP contribution in [0.2, 0.25) is 0 Å². The van der Waals surface area contributed by atoms with Crippen LogP contribution in [0.3, 0.4) is 0 Å². The average molecular weight is 355 g/mol. The molecule has 1 heterocycles. The van der Waals surface area contributed by atoms with Crippen molar-refractivity contribution in [3.05, 3.63) is 0 Å². The van der Waals surface area contributed by atoms with Crippen LogP contribution in [0.15, 0.2) is 0 Å². The number of hydrogen-bond donors (Lipinski definition) is 1. The lowest BCUT2D eigenvalue weighted by Gasteiger charge is -2.37. The molecule has 1 aliphatic carbocycles.